The van der Waals surface area contributed by atoms with Gasteiger partial charge in [0.2, 0.25) is 0 Å². The molecule has 0 aliphatic rings. The Bertz CT molecular complexity index is 1520. The van der Waals surface area contributed by atoms with E-state index >= 15 is 0 Å². The van der Waals surface area contributed by atoms with Gasteiger partial charge in [-0.15, -0.1) is 0 Å². The van der Waals surface area contributed by atoms with Crippen molar-refractivity contribution in [1.82, 2.24) is 4.57 Å². The lowest BCUT2D eigenvalue weighted by molar-refractivity contribution is 1.18. The number of hydrogen-bond acceptors (Lipinski definition) is 0. The van der Waals surface area contributed by atoms with Gasteiger partial charge >= 0.3 is 0 Å². The molecule has 2 heteroatoms. The lowest BCUT2D eigenvalue weighted by Gasteiger charge is -2.12. The highest BCUT2D eigenvalue weighted by molar-refractivity contribution is 9.10. The summed E-state index contributed by atoms with van der Waals surface area (Å²) in [5.74, 6) is 0. The van der Waals surface area contributed by atoms with Crippen molar-refractivity contribution in [3.63, 3.8) is 0 Å². The Hall–Kier alpha value is -3.62. The van der Waals surface area contributed by atoms with Crippen LogP contribution < -0.4 is 0 Å². The quantitative estimate of drug-likeness (QED) is 0.241. The molecule has 0 bridgehead atoms. The van der Waals surface area contributed by atoms with Gasteiger partial charge in [-0.1, -0.05) is 94.8 Å². The van der Waals surface area contributed by atoms with Crippen LogP contribution in [0, 0.1) is 0 Å². The zero-order valence-corrected chi connectivity index (χ0v) is 19.0. The molecule has 6 aromatic rings. The predicted octanol–water partition coefficient (Wildman–Crippen LogP) is 8.88. The van der Waals surface area contributed by atoms with Crippen LogP contribution in [0.2, 0.25) is 0 Å². The van der Waals surface area contributed by atoms with Crippen LogP contribution in [0.1, 0.15) is 0 Å². The van der Waals surface area contributed by atoms with Crippen molar-refractivity contribution in [2.45, 2.75) is 0 Å². The standard InChI is InChI=1S/C30H20BrN/c31-25-18-23(21-9-2-1-3-10-21)17-24(19-25)22-11-8-12-26(20-22)32-29-15-6-4-13-27(29)28-14-5-7-16-30(28)32/h1-20H. The largest absolute Gasteiger partial charge is 0.309 e. The molecular formula is C30H20BrN. The summed E-state index contributed by atoms with van der Waals surface area (Å²) >= 11 is 3.72. The van der Waals surface area contributed by atoms with Crippen LogP contribution in [0.3, 0.4) is 0 Å². The summed E-state index contributed by atoms with van der Waals surface area (Å²) in [6, 6.07) is 43.3. The Kier molecular flexibility index (Phi) is 4.66. The normalized spacial score (nSPS) is 11.3. The second kappa shape index (κ2) is 7.81. The van der Waals surface area contributed by atoms with Gasteiger partial charge in [0.15, 0.2) is 0 Å². The molecule has 6 rings (SSSR count). The molecule has 5 aromatic carbocycles. The van der Waals surface area contributed by atoms with Crippen molar-refractivity contribution < 1.29 is 0 Å². The number of halogens is 1. The second-order valence-corrected chi connectivity index (χ2v) is 8.93. The summed E-state index contributed by atoms with van der Waals surface area (Å²) in [6.07, 6.45) is 0. The summed E-state index contributed by atoms with van der Waals surface area (Å²) in [7, 11) is 0. The maximum absolute atomic E-state index is 3.72. The third-order valence-corrected chi connectivity index (χ3v) is 6.48. The van der Waals surface area contributed by atoms with Gasteiger partial charge in [-0.25, -0.2) is 0 Å². The van der Waals surface area contributed by atoms with Crippen LogP contribution in [0.15, 0.2) is 126 Å². The predicted molar refractivity (Wildman–Crippen MR) is 139 cm³/mol. The molecule has 32 heavy (non-hydrogen) atoms. The first-order chi connectivity index (χ1) is 15.8. The SMILES string of the molecule is Brc1cc(-c2ccccc2)cc(-c2cccc(-n3c4ccccc4c4ccccc43)c2)c1. The van der Waals surface area contributed by atoms with Crippen molar-refractivity contribution in [2.24, 2.45) is 0 Å². The van der Waals surface area contributed by atoms with Crippen LogP contribution in [-0.2, 0) is 0 Å². The first-order valence-corrected chi connectivity index (χ1v) is 11.5. The maximum Gasteiger partial charge on any atom is 0.0541 e. The molecule has 0 aliphatic carbocycles. The molecule has 0 aliphatic heterocycles. The molecule has 152 valence electrons. The van der Waals surface area contributed by atoms with Crippen LogP contribution >= 0.6 is 15.9 Å². The molecule has 0 atom stereocenters. The molecule has 0 radical (unpaired) electrons. The molecule has 1 heterocycles. The Morgan fingerprint density at radius 3 is 1.69 bits per heavy atom. The number of fused-ring (bicyclic) bond motifs is 3. The zero-order chi connectivity index (χ0) is 21.5. The number of rotatable bonds is 3. The average molecular weight is 474 g/mol. The van der Waals surface area contributed by atoms with Gasteiger partial charge < -0.3 is 4.57 Å². The molecule has 0 unspecified atom stereocenters. The number of para-hydroxylation sites is 2. The number of benzene rings is 5. The van der Waals surface area contributed by atoms with Crippen LogP contribution in [-0.4, -0.2) is 4.57 Å². The van der Waals surface area contributed by atoms with Crippen LogP contribution in [0.5, 0.6) is 0 Å². The summed E-state index contributed by atoms with van der Waals surface area (Å²) in [4.78, 5) is 0. The molecule has 0 N–H and O–H groups in total. The number of aromatic nitrogens is 1. The fourth-order valence-electron chi connectivity index (χ4n) is 4.58. The van der Waals surface area contributed by atoms with E-state index in [2.05, 4.69) is 142 Å². The third-order valence-electron chi connectivity index (χ3n) is 6.02. The average Bonchev–Trinajstić information content (AvgIpc) is 3.19. The second-order valence-electron chi connectivity index (χ2n) is 8.01. The fourth-order valence-corrected chi connectivity index (χ4v) is 5.07. The lowest BCUT2D eigenvalue weighted by Crippen LogP contribution is -1.94. The van der Waals surface area contributed by atoms with E-state index in [1.807, 2.05) is 0 Å². The van der Waals surface area contributed by atoms with E-state index in [0.29, 0.717) is 0 Å². The topological polar surface area (TPSA) is 4.93 Å². The van der Waals surface area contributed by atoms with Gasteiger partial charge in [0, 0.05) is 20.9 Å². The lowest BCUT2D eigenvalue weighted by atomic mass is 9.99. The summed E-state index contributed by atoms with van der Waals surface area (Å²) in [5.41, 5.74) is 8.44. The molecule has 0 spiro atoms. The van der Waals surface area contributed by atoms with Crippen molar-refractivity contribution in [3.05, 3.63) is 126 Å². The maximum atomic E-state index is 3.72. The van der Waals surface area contributed by atoms with E-state index in [1.165, 1.54) is 49.7 Å². The molecule has 1 nitrogen and oxygen atoms in total. The van der Waals surface area contributed by atoms with Gasteiger partial charge in [0.1, 0.15) is 0 Å². The van der Waals surface area contributed by atoms with Crippen molar-refractivity contribution in [1.29, 1.82) is 0 Å². The van der Waals surface area contributed by atoms with Gasteiger partial charge in [0.25, 0.3) is 0 Å². The van der Waals surface area contributed by atoms with E-state index in [9.17, 15) is 0 Å². The van der Waals surface area contributed by atoms with E-state index < -0.39 is 0 Å². The third kappa shape index (κ3) is 3.24. The summed E-state index contributed by atoms with van der Waals surface area (Å²) in [5, 5.41) is 2.56. The molecular weight excluding hydrogens is 454 g/mol. The van der Waals surface area contributed by atoms with Crippen LogP contribution in [0.25, 0.3) is 49.7 Å². The Labute approximate surface area is 195 Å². The highest BCUT2D eigenvalue weighted by Gasteiger charge is 2.12. The molecule has 0 saturated heterocycles. The van der Waals surface area contributed by atoms with Gasteiger partial charge in [0.05, 0.1) is 11.0 Å². The first-order valence-electron chi connectivity index (χ1n) is 10.7. The minimum Gasteiger partial charge on any atom is -0.309 e. The Morgan fingerprint density at radius 1 is 0.438 bits per heavy atom. The molecule has 0 amide bonds. The number of nitrogens with zero attached hydrogens (tertiary/aromatic N) is 1. The molecule has 0 fully saturated rings. The summed E-state index contributed by atoms with van der Waals surface area (Å²) in [6.45, 7) is 0. The van der Waals surface area contributed by atoms with Gasteiger partial charge in [-0.2, -0.15) is 0 Å². The highest BCUT2D eigenvalue weighted by Crippen LogP contribution is 2.35. The minimum atomic E-state index is 1.08. The van der Waals surface area contributed by atoms with E-state index in [4.69, 9.17) is 0 Å². The van der Waals surface area contributed by atoms with E-state index in [-0.39, 0.29) is 0 Å². The fraction of sp³-hybridized carbons (Fsp3) is 0. The highest BCUT2D eigenvalue weighted by atomic mass is 79.9. The first kappa shape index (κ1) is 19.1. The van der Waals surface area contributed by atoms with E-state index in [0.717, 1.165) is 4.47 Å². The van der Waals surface area contributed by atoms with Gasteiger partial charge in [-0.05, 0) is 64.7 Å². The Morgan fingerprint density at radius 2 is 1.00 bits per heavy atom. The number of hydrogen-bond donors (Lipinski definition) is 0. The zero-order valence-electron chi connectivity index (χ0n) is 17.4. The molecule has 0 saturated carbocycles. The Balaban J connectivity index is 1.54. The summed E-state index contributed by atoms with van der Waals surface area (Å²) < 4.78 is 3.45. The minimum absolute atomic E-state index is 1.08. The van der Waals surface area contributed by atoms with Gasteiger partial charge in [-0.3, -0.25) is 0 Å². The molecule has 1 aromatic heterocycles. The van der Waals surface area contributed by atoms with Crippen molar-refractivity contribution >= 4 is 37.7 Å². The van der Waals surface area contributed by atoms with Crippen LogP contribution in [0.4, 0.5) is 0 Å². The monoisotopic (exact) mass is 473 g/mol. The van der Waals surface area contributed by atoms with Crippen molar-refractivity contribution in [3.8, 4) is 27.9 Å². The van der Waals surface area contributed by atoms with Crippen molar-refractivity contribution in [2.75, 3.05) is 0 Å². The smallest absolute Gasteiger partial charge is 0.0541 e. The van der Waals surface area contributed by atoms with E-state index in [1.54, 1.807) is 0 Å².